The van der Waals surface area contributed by atoms with Crippen molar-refractivity contribution >= 4 is 11.7 Å². The zero-order valence-corrected chi connectivity index (χ0v) is 12.0. The molecule has 1 aromatic rings. The monoisotopic (exact) mass is 272 g/mol. The number of carbonyl (C=O) groups excluding carboxylic acids is 1. The molecule has 1 heterocycles. The summed E-state index contributed by atoms with van der Waals surface area (Å²) in [6.45, 7) is 1.56. The fourth-order valence-electron chi connectivity index (χ4n) is 2.39. The van der Waals surface area contributed by atoms with Crippen LogP contribution in [0.4, 0.5) is 10.5 Å². The largest absolute Gasteiger partial charge is 0.323 e. The summed E-state index contributed by atoms with van der Waals surface area (Å²) in [4.78, 5) is 16.2. The average molecular weight is 272 g/mol. The molecule has 0 aliphatic carbocycles. The van der Waals surface area contributed by atoms with Gasteiger partial charge in [-0.3, -0.25) is 0 Å². The normalized spacial score (nSPS) is 18.7. The van der Waals surface area contributed by atoms with Crippen LogP contribution in [0.15, 0.2) is 24.3 Å². The Hall–Kier alpha value is -2.06. The summed E-state index contributed by atoms with van der Waals surface area (Å²) in [7, 11) is 4.10. The number of hydrogen-bond acceptors (Lipinski definition) is 3. The molecule has 1 N–H and O–H groups in total. The third-order valence-electron chi connectivity index (χ3n) is 3.68. The van der Waals surface area contributed by atoms with E-state index in [1.807, 2.05) is 19.0 Å². The second kappa shape index (κ2) is 6.40. The molecule has 0 aromatic heterocycles. The lowest BCUT2D eigenvalue weighted by molar-refractivity contribution is 0.148. The van der Waals surface area contributed by atoms with Crippen LogP contribution in [-0.2, 0) is 0 Å². The van der Waals surface area contributed by atoms with Gasteiger partial charge in [-0.1, -0.05) is 0 Å². The summed E-state index contributed by atoms with van der Waals surface area (Å²) in [5, 5.41) is 11.6. The van der Waals surface area contributed by atoms with Gasteiger partial charge in [-0.05, 0) is 51.2 Å². The summed E-state index contributed by atoms with van der Waals surface area (Å²) in [6.07, 6.45) is 2.16. The molecular formula is C15H20N4O. The Labute approximate surface area is 119 Å². The Kier molecular flexibility index (Phi) is 4.59. The van der Waals surface area contributed by atoms with Gasteiger partial charge in [-0.25, -0.2) is 4.79 Å². The first-order valence-electron chi connectivity index (χ1n) is 6.82. The number of nitrogens with one attached hydrogen (secondary N) is 1. The maximum absolute atomic E-state index is 12.2. The fraction of sp³-hybridized carbons (Fsp3) is 0.467. The third kappa shape index (κ3) is 3.49. The number of nitrogens with zero attached hydrogens (tertiary/aromatic N) is 3. The minimum atomic E-state index is -0.0683. The second-order valence-electron chi connectivity index (χ2n) is 5.32. The molecule has 2 amide bonds. The summed E-state index contributed by atoms with van der Waals surface area (Å²) < 4.78 is 0. The molecule has 20 heavy (non-hydrogen) atoms. The van der Waals surface area contributed by atoms with Crippen LogP contribution in [0.1, 0.15) is 18.4 Å². The van der Waals surface area contributed by atoms with E-state index in [1.165, 1.54) is 0 Å². The number of likely N-dealkylation sites (N-methyl/N-ethyl adjacent to an activating group) is 1. The quantitative estimate of drug-likeness (QED) is 0.897. The molecular weight excluding hydrogens is 252 g/mol. The topological polar surface area (TPSA) is 59.4 Å². The van der Waals surface area contributed by atoms with Crippen molar-refractivity contribution in [2.75, 3.05) is 32.5 Å². The van der Waals surface area contributed by atoms with E-state index in [-0.39, 0.29) is 6.03 Å². The number of amides is 2. The number of likely N-dealkylation sites (tertiary alicyclic amines) is 1. The molecule has 5 heteroatoms. The van der Waals surface area contributed by atoms with Crippen LogP contribution in [0.2, 0.25) is 0 Å². The van der Waals surface area contributed by atoms with Crippen molar-refractivity contribution in [3.8, 4) is 6.07 Å². The zero-order chi connectivity index (χ0) is 14.5. The van der Waals surface area contributed by atoms with E-state index < -0.39 is 0 Å². The Morgan fingerprint density at radius 2 is 2.10 bits per heavy atom. The smallest absolute Gasteiger partial charge is 0.321 e. The highest BCUT2D eigenvalue weighted by molar-refractivity contribution is 5.89. The number of anilines is 1. The van der Waals surface area contributed by atoms with Crippen LogP contribution in [0.3, 0.4) is 0 Å². The number of rotatable bonds is 2. The zero-order valence-electron chi connectivity index (χ0n) is 12.0. The standard InChI is InChI=1S/C15H20N4O/c1-18(2)14-4-3-9-19(11-14)15(20)17-13-7-5-12(10-16)6-8-13/h5-8,14H,3-4,9,11H2,1-2H3,(H,17,20)/t14-/m0/s1. The highest BCUT2D eigenvalue weighted by Gasteiger charge is 2.24. The molecule has 0 radical (unpaired) electrons. The number of benzene rings is 1. The molecule has 0 bridgehead atoms. The van der Waals surface area contributed by atoms with E-state index in [0.717, 1.165) is 31.6 Å². The van der Waals surface area contributed by atoms with Gasteiger partial charge in [0.1, 0.15) is 0 Å². The van der Waals surface area contributed by atoms with Gasteiger partial charge in [0, 0.05) is 24.8 Å². The first-order valence-corrected chi connectivity index (χ1v) is 6.82. The predicted octanol–water partition coefficient (Wildman–Crippen LogP) is 2.12. The highest BCUT2D eigenvalue weighted by atomic mass is 16.2. The Morgan fingerprint density at radius 1 is 1.40 bits per heavy atom. The molecule has 1 fully saturated rings. The lowest BCUT2D eigenvalue weighted by Gasteiger charge is -2.36. The Morgan fingerprint density at radius 3 is 2.70 bits per heavy atom. The Balaban J connectivity index is 1.95. The molecule has 5 nitrogen and oxygen atoms in total. The maximum Gasteiger partial charge on any atom is 0.321 e. The van der Waals surface area contributed by atoms with Crippen molar-refractivity contribution in [2.45, 2.75) is 18.9 Å². The van der Waals surface area contributed by atoms with Gasteiger partial charge in [-0.15, -0.1) is 0 Å². The SMILES string of the molecule is CN(C)[C@H]1CCCN(C(=O)Nc2ccc(C#N)cc2)C1. The van der Waals surface area contributed by atoms with Crippen molar-refractivity contribution in [2.24, 2.45) is 0 Å². The van der Waals surface area contributed by atoms with Crippen LogP contribution in [-0.4, -0.2) is 49.1 Å². The summed E-state index contributed by atoms with van der Waals surface area (Å²) in [5.41, 5.74) is 1.31. The van der Waals surface area contributed by atoms with Gasteiger partial charge in [0.2, 0.25) is 0 Å². The third-order valence-corrected chi connectivity index (χ3v) is 3.68. The van der Waals surface area contributed by atoms with Crippen LogP contribution in [0, 0.1) is 11.3 Å². The van der Waals surface area contributed by atoms with Gasteiger partial charge in [-0.2, -0.15) is 5.26 Å². The van der Waals surface area contributed by atoms with Gasteiger partial charge < -0.3 is 15.1 Å². The number of piperidine rings is 1. The van der Waals surface area contributed by atoms with Crippen molar-refractivity contribution in [3.63, 3.8) is 0 Å². The first kappa shape index (κ1) is 14.4. The van der Waals surface area contributed by atoms with Crippen molar-refractivity contribution in [3.05, 3.63) is 29.8 Å². The fourth-order valence-corrected chi connectivity index (χ4v) is 2.39. The van der Waals surface area contributed by atoms with Crippen LogP contribution < -0.4 is 5.32 Å². The molecule has 1 atom stereocenters. The minimum Gasteiger partial charge on any atom is -0.323 e. The van der Waals surface area contributed by atoms with Crippen molar-refractivity contribution in [1.29, 1.82) is 5.26 Å². The summed E-state index contributed by atoms with van der Waals surface area (Å²) >= 11 is 0. The second-order valence-corrected chi connectivity index (χ2v) is 5.32. The van der Waals surface area contributed by atoms with Crippen LogP contribution in [0.5, 0.6) is 0 Å². The molecule has 1 aliphatic rings. The average Bonchev–Trinajstić information content (AvgIpc) is 2.48. The summed E-state index contributed by atoms with van der Waals surface area (Å²) in [5.74, 6) is 0. The van der Waals surface area contributed by atoms with E-state index in [4.69, 9.17) is 5.26 Å². The van der Waals surface area contributed by atoms with Gasteiger partial charge in [0.15, 0.2) is 0 Å². The van der Waals surface area contributed by atoms with Gasteiger partial charge in [0.05, 0.1) is 11.6 Å². The van der Waals surface area contributed by atoms with Gasteiger partial charge >= 0.3 is 6.03 Å². The number of carbonyl (C=O) groups is 1. The van der Waals surface area contributed by atoms with E-state index in [2.05, 4.69) is 16.3 Å². The van der Waals surface area contributed by atoms with Crippen molar-refractivity contribution < 1.29 is 4.79 Å². The minimum absolute atomic E-state index is 0.0683. The molecule has 1 aromatic carbocycles. The molecule has 0 unspecified atom stereocenters. The van der Waals surface area contributed by atoms with E-state index in [1.54, 1.807) is 24.3 Å². The molecule has 0 saturated carbocycles. The predicted molar refractivity (Wildman–Crippen MR) is 78.5 cm³/mol. The van der Waals surface area contributed by atoms with E-state index in [0.29, 0.717) is 11.6 Å². The Bertz CT molecular complexity index is 504. The first-order chi connectivity index (χ1) is 9.60. The van der Waals surface area contributed by atoms with Gasteiger partial charge in [0.25, 0.3) is 0 Å². The molecule has 0 spiro atoms. The maximum atomic E-state index is 12.2. The molecule has 106 valence electrons. The lowest BCUT2D eigenvalue weighted by Crippen LogP contribution is -2.48. The number of urea groups is 1. The van der Waals surface area contributed by atoms with E-state index in [9.17, 15) is 4.79 Å². The summed E-state index contributed by atoms with van der Waals surface area (Å²) in [6, 6.07) is 9.33. The van der Waals surface area contributed by atoms with Crippen LogP contribution in [0.25, 0.3) is 0 Å². The van der Waals surface area contributed by atoms with E-state index >= 15 is 0 Å². The van der Waals surface area contributed by atoms with Crippen molar-refractivity contribution in [1.82, 2.24) is 9.80 Å². The number of hydrogen-bond donors (Lipinski definition) is 1. The van der Waals surface area contributed by atoms with Crippen LogP contribution >= 0.6 is 0 Å². The highest BCUT2D eigenvalue weighted by Crippen LogP contribution is 2.16. The molecule has 2 rings (SSSR count). The lowest BCUT2D eigenvalue weighted by atomic mass is 10.1. The number of nitriles is 1. The molecule has 1 aliphatic heterocycles. The molecule has 1 saturated heterocycles.